The molecule has 0 rings (SSSR count). The van der Waals surface area contributed by atoms with E-state index < -0.39 is 0 Å². The number of hydrogen-bond acceptors (Lipinski definition) is 3. The quantitative estimate of drug-likeness (QED) is 0.167. The van der Waals surface area contributed by atoms with Crippen LogP contribution >= 0.6 is 25.0 Å². The Morgan fingerprint density at radius 3 is 2.00 bits per heavy atom. The van der Waals surface area contributed by atoms with Crippen molar-refractivity contribution in [2.75, 3.05) is 0 Å². The number of nitrogens with one attached hydrogen (secondary N) is 1. The molecular weight excluding hydrogens is 145 g/mol. The molecule has 0 fully saturated rings. The second kappa shape index (κ2) is 6.46. The summed E-state index contributed by atoms with van der Waals surface area (Å²) < 4.78 is 2.55. The molecule has 0 aromatic rings. The van der Waals surface area contributed by atoms with E-state index in [1.54, 1.807) is 0 Å². The van der Waals surface area contributed by atoms with Gasteiger partial charge in [-0.15, -0.1) is 0 Å². The minimum absolute atomic E-state index is 0. The largest absolute Gasteiger partial charge is 1.00 e. The number of thiol groups is 1. The fourth-order valence-electron chi connectivity index (χ4n) is 0. The first-order chi connectivity index (χ1) is 2.27. The minimum Gasteiger partial charge on any atom is -0.411 e. The van der Waals surface area contributed by atoms with Gasteiger partial charge in [0.15, 0.2) is 0 Å². The van der Waals surface area contributed by atoms with Crippen LogP contribution in [0.2, 0.25) is 0 Å². The van der Waals surface area contributed by atoms with E-state index in [-0.39, 0.29) is 33.9 Å². The molecule has 0 saturated heterocycles. The standard InChI is InChI=1S/CH3NS3.Na/c3-1(4)2-5;/h5H,(H2,2,3,4);/q;+1/p-1. The Hall–Kier alpha value is 1.46. The van der Waals surface area contributed by atoms with Crippen LogP contribution in [0.5, 0.6) is 0 Å². The predicted molar refractivity (Wildman–Crippen MR) is 32.1 cm³/mol. The Kier molecular flexibility index (Phi) is 11.2. The van der Waals surface area contributed by atoms with E-state index in [4.69, 9.17) is 0 Å². The molecule has 0 bridgehead atoms. The Balaban J connectivity index is 0. The van der Waals surface area contributed by atoms with Crippen LogP contribution in [0.4, 0.5) is 0 Å². The molecule has 0 radical (unpaired) electrons. The molecule has 0 atom stereocenters. The third-order valence-electron chi connectivity index (χ3n) is 0.0913. The van der Waals surface area contributed by atoms with E-state index in [9.17, 15) is 0 Å². The van der Waals surface area contributed by atoms with Crippen LogP contribution in [0.3, 0.4) is 0 Å². The van der Waals surface area contributed by atoms with Gasteiger partial charge in [0.2, 0.25) is 0 Å². The van der Waals surface area contributed by atoms with Gasteiger partial charge in [0, 0.05) is 0 Å². The van der Waals surface area contributed by atoms with Gasteiger partial charge in [-0.25, -0.2) is 0 Å². The smallest absolute Gasteiger partial charge is 0.411 e. The van der Waals surface area contributed by atoms with Gasteiger partial charge in [-0.2, -0.15) is 0 Å². The van der Waals surface area contributed by atoms with Crippen LogP contribution in [0.25, 0.3) is 0 Å². The monoisotopic (exact) mass is 147 g/mol. The SMILES string of the molecule is S=C([S-])NS.[Na+]. The molecule has 1 N–H and O–H groups in total. The molecule has 1 nitrogen and oxygen atoms in total. The van der Waals surface area contributed by atoms with E-state index in [2.05, 4.69) is 42.4 Å². The third kappa shape index (κ3) is 9.07. The predicted octanol–water partition coefficient (Wildman–Crippen LogP) is -2.74. The molecule has 0 aliphatic heterocycles. The summed E-state index contributed by atoms with van der Waals surface area (Å²) in [4.78, 5) is 0. The molecule has 0 amide bonds. The average molecular weight is 147 g/mol. The second-order valence-corrected chi connectivity index (χ2v) is 1.70. The Morgan fingerprint density at radius 1 is 1.83 bits per heavy atom. The average Bonchev–Trinajstić information content (AvgIpc) is 1.38. The van der Waals surface area contributed by atoms with Gasteiger partial charge >= 0.3 is 29.6 Å². The van der Waals surface area contributed by atoms with E-state index in [1.165, 1.54) is 0 Å². The number of rotatable bonds is 0. The molecule has 0 aliphatic rings. The van der Waals surface area contributed by atoms with Crippen molar-refractivity contribution in [1.29, 1.82) is 0 Å². The van der Waals surface area contributed by atoms with E-state index in [1.807, 2.05) is 0 Å². The van der Waals surface area contributed by atoms with Crippen LogP contribution in [0.1, 0.15) is 0 Å². The zero-order chi connectivity index (χ0) is 4.28. The molecule has 30 valence electrons. The van der Waals surface area contributed by atoms with Crippen molar-refractivity contribution in [1.82, 2.24) is 4.72 Å². The molecular formula is CH2NNaS3. The molecule has 0 aromatic heterocycles. The second-order valence-electron chi connectivity index (χ2n) is 0.399. The fourth-order valence-corrected chi connectivity index (χ4v) is 0. The molecule has 0 aromatic carbocycles. The molecule has 0 saturated carbocycles. The van der Waals surface area contributed by atoms with Crippen molar-refractivity contribution in [3.8, 4) is 0 Å². The summed E-state index contributed by atoms with van der Waals surface area (Å²) in [5, 5.41) is 0. The van der Waals surface area contributed by atoms with E-state index in [0.717, 1.165) is 0 Å². The number of thiocarbonyl (C=S) groups is 1. The van der Waals surface area contributed by atoms with Crippen molar-refractivity contribution in [2.24, 2.45) is 0 Å². The first-order valence-corrected chi connectivity index (χ1v) is 2.15. The van der Waals surface area contributed by atoms with Crippen molar-refractivity contribution >= 4 is 42.0 Å². The molecule has 6 heavy (non-hydrogen) atoms. The van der Waals surface area contributed by atoms with Gasteiger partial charge in [0.05, 0.1) is 0 Å². The van der Waals surface area contributed by atoms with E-state index >= 15 is 0 Å². The maximum atomic E-state index is 4.32. The summed E-state index contributed by atoms with van der Waals surface area (Å²) in [7, 11) is 0. The zero-order valence-electron chi connectivity index (χ0n) is 3.26. The zero-order valence-corrected chi connectivity index (χ0v) is 7.79. The van der Waals surface area contributed by atoms with Gasteiger partial charge in [0.25, 0.3) is 0 Å². The molecule has 0 spiro atoms. The van der Waals surface area contributed by atoms with Gasteiger partial charge in [-0.1, -0.05) is 17.1 Å². The molecule has 5 heteroatoms. The van der Waals surface area contributed by atoms with Crippen LogP contribution in [0.15, 0.2) is 0 Å². The van der Waals surface area contributed by atoms with Crippen LogP contribution in [-0.4, -0.2) is 4.32 Å². The van der Waals surface area contributed by atoms with Crippen molar-refractivity contribution in [2.45, 2.75) is 0 Å². The first-order valence-electron chi connectivity index (χ1n) is 0.882. The van der Waals surface area contributed by atoms with Gasteiger partial charge in [-0.05, 0) is 0 Å². The normalized spacial score (nSPS) is 5.50. The Labute approximate surface area is 75.5 Å². The topological polar surface area (TPSA) is 12.0 Å². The third-order valence-corrected chi connectivity index (χ3v) is 0.822. The summed E-state index contributed by atoms with van der Waals surface area (Å²) in [6.45, 7) is 0. The minimum atomic E-state index is 0. The van der Waals surface area contributed by atoms with Crippen LogP contribution < -0.4 is 34.3 Å². The van der Waals surface area contributed by atoms with E-state index in [0.29, 0.717) is 0 Å². The van der Waals surface area contributed by atoms with Crippen LogP contribution in [0, 0.1) is 0 Å². The summed E-state index contributed by atoms with van der Waals surface area (Å²) in [5.74, 6) is 0. The maximum Gasteiger partial charge on any atom is 1.00 e. The van der Waals surface area contributed by atoms with Crippen LogP contribution in [-0.2, 0) is 12.6 Å². The maximum absolute atomic E-state index is 4.32. The summed E-state index contributed by atoms with van der Waals surface area (Å²) in [6, 6.07) is 0. The Morgan fingerprint density at radius 2 is 2.00 bits per heavy atom. The molecule has 0 heterocycles. The molecule has 0 unspecified atom stereocenters. The number of hydrogen-bond donors (Lipinski definition) is 2. The van der Waals surface area contributed by atoms with Crippen molar-refractivity contribution in [3.05, 3.63) is 0 Å². The van der Waals surface area contributed by atoms with Gasteiger partial charge in [-0.3, -0.25) is 0 Å². The fraction of sp³-hybridized carbons (Fsp3) is 0. The summed E-state index contributed by atoms with van der Waals surface area (Å²) >= 11 is 12.2. The molecule has 0 aliphatic carbocycles. The van der Waals surface area contributed by atoms with Gasteiger partial charge < -0.3 is 29.6 Å². The summed E-state index contributed by atoms with van der Waals surface area (Å²) in [6.07, 6.45) is 0. The van der Waals surface area contributed by atoms with Crippen molar-refractivity contribution < 1.29 is 29.6 Å². The first kappa shape index (κ1) is 10.4. The summed E-state index contributed by atoms with van der Waals surface area (Å²) in [5.41, 5.74) is 0. The van der Waals surface area contributed by atoms with Crippen molar-refractivity contribution in [3.63, 3.8) is 0 Å². The van der Waals surface area contributed by atoms with Gasteiger partial charge in [0.1, 0.15) is 0 Å². The Bertz CT molecular complexity index is 46.1.